The monoisotopic (exact) mass is 641 g/mol. The first kappa shape index (κ1) is 29.5. The molecule has 0 aliphatic heterocycles. The van der Waals surface area contributed by atoms with Crippen LogP contribution >= 0.6 is 0 Å². The fraction of sp³-hybridized carbons (Fsp3) is 0.0217. The highest BCUT2D eigenvalue weighted by Crippen LogP contribution is 2.42. The lowest BCUT2D eigenvalue weighted by atomic mass is 9.88. The van der Waals surface area contributed by atoms with Gasteiger partial charge < -0.3 is 4.42 Å². The third-order valence-electron chi connectivity index (χ3n) is 9.45. The normalized spacial score (nSPS) is 12.4. The van der Waals surface area contributed by atoms with Crippen LogP contribution in [-0.4, -0.2) is 18.4 Å². The fourth-order valence-electron chi connectivity index (χ4n) is 7.10. The van der Waals surface area contributed by atoms with Gasteiger partial charge in [-0.25, -0.2) is 9.98 Å². The summed E-state index contributed by atoms with van der Waals surface area (Å²) in [4.78, 5) is 14.4. The van der Waals surface area contributed by atoms with E-state index in [4.69, 9.17) is 14.4 Å². The Morgan fingerprint density at radius 1 is 0.480 bits per heavy atom. The van der Waals surface area contributed by atoms with E-state index < -0.39 is 0 Å². The maximum Gasteiger partial charge on any atom is 0.161 e. The summed E-state index contributed by atoms with van der Waals surface area (Å²) in [6, 6.07) is 56.8. The molecule has 8 aromatic carbocycles. The molecule has 0 saturated carbocycles. The number of fused-ring (bicyclic) bond motifs is 9. The number of benzene rings is 8. The summed E-state index contributed by atoms with van der Waals surface area (Å²) in [5.41, 5.74) is 7.03. The standard InChI is InChI=1S/C46H31N3O/c1-47-45(49-46(31-15-6-3-7-16-31)48-29-30-13-4-2-5-14-30)33-23-25-39-40(28-33)36-18-9-8-17-35(36)38-21-12-20-34(44(38)39)32-24-26-43-41(27-32)37-19-10-11-22-42(37)50-43/h2-28H,1,29H2. The highest BCUT2D eigenvalue weighted by molar-refractivity contribution is 6.29. The van der Waals surface area contributed by atoms with E-state index in [1.54, 1.807) is 0 Å². The van der Waals surface area contributed by atoms with Gasteiger partial charge in [-0.3, -0.25) is 4.99 Å². The number of furan rings is 1. The van der Waals surface area contributed by atoms with Gasteiger partial charge in [-0.05, 0) is 80.0 Å². The van der Waals surface area contributed by atoms with Crippen molar-refractivity contribution in [1.82, 2.24) is 0 Å². The van der Waals surface area contributed by atoms with Crippen LogP contribution < -0.4 is 0 Å². The summed E-state index contributed by atoms with van der Waals surface area (Å²) < 4.78 is 6.16. The van der Waals surface area contributed by atoms with Crippen molar-refractivity contribution in [1.29, 1.82) is 0 Å². The van der Waals surface area contributed by atoms with E-state index in [2.05, 4.69) is 115 Å². The zero-order valence-corrected chi connectivity index (χ0v) is 27.3. The van der Waals surface area contributed by atoms with Crippen molar-refractivity contribution in [3.8, 4) is 11.1 Å². The van der Waals surface area contributed by atoms with Crippen LogP contribution in [0.25, 0.3) is 65.4 Å². The predicted molar refractivity (Wildman–Crippen MR) is 211 cm³/mol. The molecule has 0 saturated heterocycles. The second kappa shape index (κ2) is 12.4. The molecule has 0 unspecified atom stereocenters. The van der Waals surface area contributed by atoms with E-state index in [0.717, 1.165) is 49.6 Å². The number of aliphatic imine (C=N–C) groups is 3. The lowest BCUT2D eigenvalue weighted by Crippen LogP contribution is -2.05. The number of nitrogens with zero attached hydrogens (tertiary/aromatic N) is 3. The van der Waals surface area contributed by atoms with Crippen molar-refractivity contribution >= 4 is 72.6 Å². The first-order chi connectivity index (χ1) is 24.7. The highest BCUT2D eigenvalue weighted by Gasteiger charge is 2.16. The van der Waals surface area contributed by atoms with E-state index in [9.17, 15) is 0 Å². The summed E-state index contributed by atoms with van der Waals surface area (Å²) in [5.74, 6) is 1.14. The van der Waals surface area contributed by atoms with E-state index in [1.807, 2.05) is 60.7 Å². The number of amidine groups is 2. The Balaban J connectivity index is 1.24. The maximum absolute atomic E-state index is 6.16. The zero-order valence-electron chi connectivity index (χ0n) is 27.3. The molecule has 0 aliphatic carbocycles. The second-order valence-electron chi connectivity index (χ2n) is 12.4. The van der Waals surface area contributed by atoms with Gasteiger partial charge in [0, 0.05) is 21.9 Å². The van der Waals surface area contributed by atoms with Crippen LogP contribution in [0.5, 0.6) is 0 Å². The van der Waals surface area contributed by atoms with Crippen molar-refractivity contribution < 1.29 is 4.42 Å². The largest absolute Gasteiger partial charge is 0.456 e. The van der Waals surface area contributed by atoms with Gasteiger partial charge in [-0.2, -0.15) is 0 Å². The summed E-state index contributed by atoms with van der Waals surface area (Å²) in [6.45, 7) is 4.46. The summed E-state index contributed by atoms with van der Waals surface area (Å²) in [6.07, 6.45) is 0. The van der Waals surface area contributed by atoms with Gasteiger partial charge in [0.15, 0.2) is 11.7 Å². The molecular formula is C46H31N3O. The predicted octanol–water partition coefficient (Wildman–Crippen LogP) is 11.8. The minimum absolute atomic E-state index is 0.510. The molecule has 236 valence electrons. The van der Waals surface area contributed by atoms with E-state index in [0.29, 0.717) is 18.2 Å². The van der Waals surface area contributed by atoms with Crippen LogP contribution in [0.4, 0.5) is 0 Å². The minimum Gasteiger partial charge on any atom is -0.456 e. The molecule has 0 bridgehead atoms. The molecule has 4 heteroatoms. The summed E-state index contributed by atoms with van der Waals surface area (Å²) in [7, 11) is 0. The summed E-state index contributed by atoms with van der Waals surface area (Å²) in [5, 5.41) is 9.33. The van der Waals surface area contributed by atoms with Crippen LogP contribution in [0.2, 0.25) is 0 Å². The van der Waals surface area contributed by atoms with Gasteiger partial charge in [0.25, 0.3) is 0 Å². The Labute approximate surface area is 289 Å². The van der Waals surface area contributed by atoms with E-state index in [-0.39, 0.29) is 0 Å². The molecule has 0 amide bonds. The Kier molecular flexibility index (Phi) is 7.33. The van der Waals surface area contributed by atoms with Gasteiger partial charge >= 0.3 is 0 Å². The van der Waals surface area contributed by atoms with Crippen LogP contribution in [0.1, 0.15) is 16.7 Å². The average molecular weight is 642 g/mol. The molecule has 4 nitrogen and oxygen atoms in total. The van der Waals surface area contributed by atoms with Crippen molar-refractivity contribution in [2.45, 2.75) is 6.54 Å². The molecule has 1 heterocycles. The molecule has 1 aromatic heterocycles. The Bertz CT molecular complexity index is 2790. The topological polar surface area (TPSA) is 50.2 Å². The molecule has 50 heavy (non-hydrogen) atoms. The SMILES string of the molecule is C=NC(=NC(=NCc1ccccc1)c1ccccc1)c1ccc2c(c1)c1ccccc1c1cccc(-c3ccc4oc5ccccc5c4c3)c12. The van der Waals surface area contributed by atoms with Gasteiger partial charge in [0.05, 0.1) is 6.54 Å². The molecule has 9 rings (SSSR count). The molecular weight excluding hydrogens is 611 g/mol. The lowest BCUT2D eigenvalue weighted by Gasteiger charge is -2.15. The zero-order chi connectivity index (χ0) is 33.4. The quantitative estimate of drug-likeness (QED) is 0.105. The average Bonchev–Trinajstić information content (AvgIpc) is 3.56. The van der Waals surface area contributed by atoms with Gasteiger partial charge in [0.2, 0.25) is 0 Å². The van der Waals surface area contributed by atoms with E-state index >= 15 is 0 Å². The van der Waals surface area contributed by atoms with Crippen molar-refractivity contribution in [2.24, 2.45) is 15.0 Å². The van der Waals surface area contributed by atoms with Crippen LogP contribution in [0.3, 0.4) is 0 Å². The number of rotatable bonds is 5. The molecule has 0 fully saturated rings. The number of para-hydroxylation sites is 1. The summed E-state index contributed by atoms with van der Waals surface area (Å²) >= 11 is 0. The van der Waals surface area contributed by atoms with E-state index in [1.165, 1.54) is 32.5 Å². The first-order valence-electron chi connectivity index (χ1n) is 16.7. The van der Waals surface area contributed by atoms with Crippen LogP contribution in [-0.2, 0) is 6.54 Å². The van der Waals surface area contributed by atoms with Gasteiger partial charge in [0.1, 0.15) is 11.2 Å². The minimum atomic E-state index is 0.510. The van der Waals surface area contributed by atoms with Gasteiger partial charge in [-0.1, -0.05) is 140 Å². The molecule has 0 atom stereocenters. The number of hydrogen-bond donors (Lipinski definition) is 0. The molecule has 0 N–H and O–H groups in total. The van der Waals surface area contributed by atoms with Crippen LogP contribution in [0.15, 0.2) is 183 Å². The molecule has 0 radical (unpaired) electrons. The van der Waals surface area contributed by atoms with Crippen molar-refractivity contribution in [3.05, 3.63) is 180 Å². The highest BCUT2D eigenvalue weighted by atomic mass is 16.3. The molecule has 9 aromatic rings. The second-order valence-corrected chi connectivity index (χ2v) is 12.4. The Morgan fingerprint density at radius 2 is 1.14 bits per heavy atom. The van der Waals surface area contributed by atoms with Crippen molar-refractivity contribution in [3.63, 3.8) is 0 Å². The lowest BCUT2D eigenvalue weighted by molar-refractivity contribution is 0.669. The molecule has 0 spiro atoms. The van der Waals surface area contributed by atoms with Crippen LogP contribution in [0, 0.1) is 0 Å². The Morgan fingerprint density at radius 3 is 1.94 bits per heavy atom. The van der Waals surface area contributed by atoms with Gasteiger partial charge in [-0.15, -0.1) is 0 Å². The third-order valence-corrected chi connectivity index (χ3v) is 9.45. The number of hydrogen-bond acceptors (Lipinski definition) is 2. The molecule has 0 aliphatic rings. The third kappa shape index (κ3) is 5.15. The Hall–Kier alpha value is -6.65. The fourth-order valence-corrected chi connectivity index (χ4v) is 7.10. The van der Waals surface area contributed by atoms with Crippen molar-refractivity contribution in [2.75, 3.05) is 0 Å². The smallest absolute Gasteiger partial charge is 0.161 e. The first-order valence-corrected chi connectivity index (χ1v) is 16.7. The maximum atomic E-state index is 6.16.